The van der Waals surface area contributed by atoms with Crippen LogP contribution in [0.3, 0.4) is 0 Å². The number of amides is 2. The normalized spacial score (nSPS) is 13.2. The Hall–Kier alpha value is -5.28. The van der Waals surface area contributed by atoms with E-state index in [1.165, 1.54) is 0 Å². The average Bonchev–Trinajstić information content (AvgIpc) is 3.55. The van der Waals surface area contributed by atoms with Crippen molar-refractivity contribution in [2.45, 2.75) is 52.9 Å². The minimum atomic E-state index is -0.539. The van der Waals surface area contributed by atoms with E-state index < -0.39 is 5.91 Å². The van der Waals surface area contributed by atoms with Crippen molar-refractivity contribution in [1.82, 2.24) is 39.3 Å². The number of ether oxygens (including phenoxy) is 1. The van der Waals surface area contributed by atoms with E-state index in [2.05, 4.69) is 26.1 Å². The summed E-state index contributed by atoms with van der Waals surface area (Å²) in [6.07, 6.45) is 7.97. The molecule has 1 fully saturated rings. The van der Waals surface area contributed by atoms with Crippen molar-refractivity contribution in [3.8, 4) is 5.75 Å². The third-order valence-corrected chi connectivity index (χ3v) is 7.84. The maximum Gasteiger partial charge on any atom is 0.276 e. The molecule has 4 aromatic heterocycles. The Morgan fingerprint density at radius 2 is 1.83 bits per heavy atom. The van der Waals surface area contributed by atoms with Crippen LogP contribution in [0.25, 0.3) is 22.2 Å². The lowest BCUT2D eigenvalue weighted by molar-refractivity contribution is 0.0995. The highest BCUT2D eigenvalue weighted by Gasteiger charge is 2.24. The molecule has 4 heterocycles. The van der Waals surface area contributed by atoms with Crippen molar-refractivity contribution in [2.24, 2.45) is 17.5 Å². The van der Waals surface area contributed by atoms with Gasteiger partial charge in [-0.3, -0.25) is 35.4 Å². The molecule has 15 nitrogen and oxygen atoms in total. The molecule has 0 atom stereocenters. The summed E-state index contributed by atoms with van der Waals surface area (Å²) in [5, 5.41) is 10.5. The molecular formula is C31H38N12O3. The Labute approximate surface area is 265 Å². The zero-order valence-corrected chi connectivity index (χ0v) is 26.1. The van der Waals surface area contributed by atoms with Gasteiger partial charge in [-0.15, -0.1) is 0 Å². The summed E-state index contributed by atoms with van der Waals surface area (Å²) >= 11 is 0. The lowest BCUT2D eigenvalue weighted by Gasteiger charge is -2.12. The fraction of sp³-hybridized carbons (Fsp3) is 0.355. The van der Waals surface area contributed by atoms with E-state index in [4.69, 9.17) is 26.3 Å². The summed E-state index contributed by atoms with van der Waals surface area (Å²) in [7, 11) is 1.79. The lowest BCUT2D eigenvalue weighted by atomic mass is 10.1. The van der Waals surface area contributed by atoms with Gasteiger partial charge in [0.25, 0.3) is 5.91 Å². The first-order valence-electron chi connectivity index (χ1n) is 15.2. The van der Waals surface area contributed by atoms with Crippen LogP contribution in [0.4, 0.5) is 11.9 Å². The minimum absolute atomic E-state index is 0.315. The highest BCUT2D eigenvalue weighted by Crippen LogP contribution is 2.34. The van der Waals surface area contributed by atoms with Crippen LogP contribution in [0.2, 0.25) is 0 Å². The number of carbonyl (C=O) groups is 2. The largest absolute Gasteiger partial charge is 0.491 e. The van der Waals surface area contributed by atoms with Crippen molar-refractivity contribution in [3.63, 3.8) is 0 Å². The number of imidazole rings is 2. The van der Waals surface area contributed by atoms with Crippen LogP contribution in [-0.4, -0.2) is 59.3 Å². The number of nitrogens with two attached hydrogens (primary N) is 2. The van der Waals surface area contributed by atoms with Crippen LogP contribution in [-0.2, 0) is 26.2 Å². The molecule has 0 aliphatic heterocycles. The number of anilines is 2. The first-order valence-corrected chi connectivity index (χ1v) is 15.2. The standard InChI is InChI=1S/C31H38N12O3/c1-4-43-24(11-18(2)40-43)29(45)39-31-38-23-12-20(16-36-33)15-35-28(23)42(31)10-6-5-9-41-26-22(37-30(41)34-3)13-21(27(32)44)14-25(26)46-17-19-7-8-19/h5-6,11-15,19,36H,4,7-10,16-17,33H2,1-3H3,(H2,32,44)(H,34,37)(H,38,39,45)/b6-5+. The zero-order chi connectivity index (χ0) is 32.4. The van der Waals surface area contributed by atoms with Gasteiger partial charge in [-0.2, -0.15) is 5.10 Å². The molecule has 0 radical (unpaired) electrons. The number of primary amides is 1. The van der Waals surface area contributed by atoms with Crippen molar-refractivity contribution >= 4 is 45.9 Å². The highest BCUT2D eigenvalue weighted by molar-refractivity contribution is 6.03. The average molecular weight is 627 g/mol. The Kier molecular flexibility index (Phi) is 8.68. The second-order valence-corrected chi connectivity index (χ2v) is 11.3. The summed E-state index contributed by atoms with van der Waals surface area (Å²) < 4.78 is 11.7. The molecule has 1 aromatic carbocycles. The maximum absolute atomic E-state index is 13.3. The van der Waals surface area contributed by atoms with Gasteiger partial charge in [0.2, 0.25) is 17.8 Å². The SMILES string of the molecule is CCn1nc(C)cc1C(=O)Nc1nc2cc(CNN)cnc2n1C/C=C/Cn1c(NC)nc2cc(C(N)=O)cc(OCC3CC3)c21. The van der Waals surface area contributed by atoms with Crippen molar-refractivity contribution in [1.29, 1.82) is 0 Å². The highest BCUT2D eigenvalue weighted by atomic mass is 16.5. The van der Waals surface area contributed by atoms with Crippen LogP contribution in [0, 0.1) is 12.8 Å². The third kappa shape index (κ3) is 6.27. The van der Waals surface area contributed by atoms with Gasteiger partial charge in [0, 0.05) is 45.0 Å². The molecule has 1 aliphatic carbocycles. The summed E-state index contributed by atoms with van der Waals surface area (Å²) in [6.45, 7) is 6.16. The van der Waals surface area contributed by atoms with Gasteiger partial charge in [0.15, 0.2) is 5.65 Å². The van der Waals surface area contributed by atoms with Gasteiger partial charge in [-0.1, -0.05) is 12.2 Å². The first-order chi connectivity index (χ1) is 22.3. The number of pyridine rings is 1. The fourth-order valence-corrected chi connectivity index (χ4v) is 5.37. The zero-order valence-electron chi connectivity index (χ0n) is 26.1. The molecule has 5 aromatic rings. The van der Waals surface area contributed by atoms with Gasteiger partial charge in [0.05, 0.1) is 17.8 Å². The van der Waals surface area contributed by atoms with E-state index in [1.807, 2.05) is 41.2 Å². The Morgan fingerprint density at radius 3 is 2.52 bits per heavy atom. The minimum Gasteiger partial charge on any atom is -0.491 e. The molecule has 1 saturated carbocycles. The summed E-state index contributed by atoms with van der Waals surface area (Å²) in [5.74, 6) is 6.73. The Morgan fingerprint density at radius 1 is 1.07 bits per heavy atom. The second kappa shape index (κ2) is 13.0. The molecule has 0 unspecified atom stereocenters. The molecular weight excluding hydrogens is 588 g/mol. The van der Waals surface area contributed by atoms with Crippen molar-refractivity contribution in [2.75, 3.05) is 24.3 Å². The Bertz CT molecular complexity index is 1950. The smallest absolute Gasteiger partial charge is 0.276 e. The quantitative estimate of drug-likeness (QED) is 0.0694. The summed E-state index contributed by atoms with van der Waals surface area (Å²) in [5.41, 5.74) is 13.3. The van der Waals surface area contributed by atoms with Gasteiger partial charge in [-0.05, 0) is 62.4 Å². The number of fused-ring (bicyclic) bond motifs is 2. The molecule has 7 N–H and O–H groups in total. The lowest BCUT2D eigenvalue weighted by Crippen LogP contribution is -2.20. The number of hydrogen-bond acceptors (Lipinski definition) is 10. The van der Waals surface area contributed by atoms with Crippen LogP contribution >= 0.6 is 0 Å². The van der Waals surface area contributed by atoms with E-state index in [0.29, 0.717) is 84.3 Å². The number of benzene rings is 1. The molecule has 1 aliphatic rings. The summed E-state index contributed by atoms with van der Waals surface area (Å²) in [6, 6.07) is 7.01. The number of rotatable bonds is 14. The predicted molar refractivity (Wildman–Crippen MR) is 174 cm³/mol. The van der Waals surface area contributed by atoms with E-state index in [-0.39, 0.29) is 5.91 Å². The van der Waals surface area contributed by atoms with E-state index in [1.54, 1.807) is 36.1 Å². The van der Waals surface area contributed by atoms with E-state index in [0.717, 1.165) is 29.6 Å². The predicted octanol–water partition coefficient (Wildman–Crippen LogP) is 2.71. The van der Waals surface area contributed by atoms with Crippen LogP contribution in [0.1, 0.15) is 51.9 Å². The number of aromatic nitrogens is 7. The van der Waals surface area contributed by atoms with Gasteiger partial charge in [0.1, 0.15) is 22.5 Å². The Balaban J connectivity index is 1.30. The van der Waals surface area contributed by atoms with E-state index in [9.17, 15) is 9.59 Å². The molecule has 0 bridgehead atoms. The van der Waals surface area contributed by atoms with Gasteiger partial charge < -0.3 is 20.4 Å². The summed E-state index contributed by atoms with van der Waals surface area (Å²) in [4.78, 5) is 39.4. The monoisotopic (exact) mass is 626 g/mol. The third-order valence-electron chi connectivity index (χ3n) is 7.84. The fourth-order valence-electron chi connectivity index (χ4n) is 5.37. The van der Waals surface area contributed by atoms with Gasteiger partial charge in [-0.25, -0.2) is 15.0 Å². The number of hydrogen-bond donors (Lipinski definition) is 5. The molecule has 240 valence electrons. The van der Waals surface area contributed by atoms with Crippen LogP contribution in [0.15, 0.2) is 42.6 Å². The van der Waals surface area contributed by atoms with Gasteiger partial charge >= 0.3 is 0 Å². The molecule has 2 amide bonds. The number of nitrogens with one attached hydrogen (secondary N) is 3. The molecule has 0 spiro atoms. The molecule has 46 heavy (non-hydrogen) atoms. The number of aryl methyl sites for hydroxylation is 2. The van der Waals surface area contributed by atoms with E-state index >= 15 is 0 Å². The van der Waals surface area contributed by atoms with Crippen LogP contribution < -0.4 is 32.4 Å². The first kappa shape index (κ1) is 30.7. The number of nitrogens with zero attached hydrogens (tertiary/aromatic N) is 7. The van der Waals surface area contributed by atoms with Crippen LogP contribution in [0.5, 0.6) is 5.75 Å². The topological polar surface area (TPSA) is 198 Å². The van der Waals surface area contributed by atoms with Crippen molar-refractivity contribution in [3.05, 3.63) is 65.1 Å². The number of hydrazine groups is 1. The molecule has 6 rings (SSSR count). The maximum atomic E-state index is 13.3. The molecule has 15 heteroatoms. The number of carbonyl (C=O) groups excluding carboxylic acids is 2. The molecule has 0 saturated heterocycles. The number of allylic oxidation sites excluding steroid dienone is 2. The van der Waals surface area contributed by atoms with Crippen molar-refractivity contribution < 1.29 is 14.3 Å². The second-order valence-electron chi connectivity index (χ2n) is 11.3.